The summed E-state index contributed by atoms with van der Waals surface area (Å²) in [6.07, 6.45) is 5.16. The van der Waals surface area contributed by atoms with E-state index in [0.717, 1.165) is 48.8 Å². The Hall–Kier alpha value is -3.53. The van der Waals surface area contributed by atoms with Crippen LogP contribution in [-0.2, 0) is 4.79 Å². The molecule has 28 heavy (non-hydrogen) atoms. The van der Waals surface area contributed by atoms with Crippen LogP contribution in [0.5, 0.6) is 0 Å². The van der Waals surface area contributed by atoms with Gasteiger partial charge < -0.3 is 20.6 Å². The zero-order valence-electron chi connectivity index (χ0n) is 15.4. The Labute approximate surface area is 161 Å². The fourth-order valence-electron chi connectivity index (χ4n) is 3.06. The minimum Gasteiger partial charge on any atom is -0.483 e. The molecule has 0 bridgehead atoms. The highest BCUT2D eigenvalue weighted by Gasteiger charge is 2.17. The monoisotopic (exact) mass is 383 g/mol. The third-order valence-corrected chi connectivity index (χ3v) is 4.58. The Kier molecular flexibility index (Phi) is 5.80. The second-order valence-corrected chi connectivity index (χ2v) is 6.39. The summed E-state index contributed by atoms with van der Waals surface area (Å²) >= 11 is 0. The van der Waals surface area contributed by atoms with Crippen molar-refractivity contribution in [3.05, 3.63) is 36.3 Å². The molecule has 1 aliphatic rings. The molecule has 3 heterocycles. The second kappa shape index (κ2) is 8.44. The standard InChI is InChI=1S/C17H19N7O.CH2O2/c1-23-2-4-24(5-3-23)17-19-8-12(9-20-17)11-6-13(16(18)25)14-10-21-22-15(14)7-11;2-1-3/h6-10H,2-5H2,1H3,(H2,18,25)(H,21,22);1H,(H,2,3). The van der Waals surface area contributed by atoms with E-state index in [0.29, 0.717) is 10.9 Å². The molecule has 0 aliphatic carbocycles. The zero-order valence-corrected chi connectivity index (χ0v) is 15.4. The number of primary amides is 1. The molecule has 0 spiro atoms. The first-order valence-corrected chi connectivity index (χ1v) is 8.64. The quantitative estimate of drug-likeness (QED) is 0.558. The van der Waals surface area contributed by atoms with Gasteiger partial charge in [0, 0.05) is 49.5 Å². The zero-order chi connectivity index (χ0) is 20.1. The molecule has 1 aromatic carbocycles. The number of carbonyl (C=O) groups excluding carboxylic acids is 1. The van der Waals surface area contributed by atoms with Gasteiger partial charge in [0.1, 0.15) is 0 Å². The average Bonchev–Trinajstić information content (AvgIpc) is 3.17. The van der Waals surface area contributed by atoms with E-state index in [-0.39, 0.29) is 6.47 Å². The number of nitrogens with two attached hydrogens (primary N) is 1. The molecular formula is C18H21N7O3. The van der Waals surface area contributed by atoms with Crippen molar-refractivity contribution < 1.29 is 14.7 Å². The van der Waals surface area contributed by atoms with Crippen molar-refractivity contribution >= 4 is 29.2 Å². The van der Waals surface area contributed by atoms with Crippen molar-refractivity contribution in [2.24, 2.45) is 5.73 Å². The summed E-state index contributed by atoms with van der Waals surface area (Å²) in [5.41, 5.74) is 8.35. The summed E-state index contributed by atoms with van der Waals surface area (Å²) in [7, 11) is 2.11. The molecule has 10 nitrogen and oxygen atoms in total. The van der Waals surface area contributed by atoms with Crippen LogP contribution in [0.1, 0.15) is 10.4 Å². The summed E-state index contributed by atoms with van der Waals surface area (Å²) in [5.74, 6) is 0.248. The van der Waals surface area contributed by atoms with Gasteiger partial charge in [0.2, 0.25) is 11.9 Å². The van der Waals surface area contributed by atoms with E-state index >= 15 is 0 Å². The van der Waals surface area contributed by atoms with Gasteiger partial charge in [0.25, 0.3) is 6.47 Å². The minimum absolute atomic E-state index is 0.250. The molecule has 146 valence electrons. The molecule has 10 heteroatoms. The number of rotatable bonds is 3. The van der Waals surface area contributed by atoms with Gasteiger partial charge >= 0.3 is 0 Å². The third-order valence-electron chi connectivity index (χ3n) is 4.58. The molecule has 1 fully saturated rings. The largest absolute Gasteiger partial charge is 0.483 e. The maximum absolute atomic E-state index is 11.7. The van der Waals surface area contributed by atoms with Crippen molar-refractivity contribution in [3.8, 4) is 11.1 Å². The number of amides is 1. The van der Waals surface area contributed by atoms with E-state index in [1.807, 2.05) is 6.07 Å². The Morgan fingerprint density at radius 3 is 2.39 bits per heavy atom. The number of aromatic nitrogens is 4. The number of nitrogens with one attached hydrogen (secondary N) is 1. The SMILES string of the molecule is CN1CCN(c2ncc(-c3cc(C(N)=O)c4cn[nH]c4c3)cn2)CC1.O=CO. The third kappa shape index (κ3) is 4.07. The van der Waals surface area contributed by atoms with E-state index < -0.39 is 5.91 Å². The van der Waals surface area contributed by atoms with Crippen LogP contribution in [0.2, 0.25) is 0 Å². The number of carboxylic acid groups (broad SMARTS) is 1. The highest BCUT2D eigenvalue weighted by Crippen LogP contribution is 2.26. The van der Waals surface area contributed by atoms with E-state index in [4.69, 9.17) is 15.6 Å². The summed E-state index contributed by atoms with van der Waals surface area (Å²) in [6, 6.07) is 3.68. The van der Waals surface area contributed by atoms with Crippen LogP contribution < -0.4 is 10.6 Å². The van der Waals surface area contributed by atoms with Crippen molar-refractivity contribution in [1.82, 2.24) is 25.1 Å². The maximum Gasteiger partial charge on any atom is 0.290 e. The maximum atomic E-state index is 11.7. The highest BCUT2D eigenvalue weighted by molar-refractivity contribution is 6.07. The van der Waals surface area contributed by atoms with Crippen LogP contribution in [0.15, 0.2) is 30.7 Å². The predicted molar refractivity (Wildman–Crippen MR) is 104 cm³/mol. The van der Waals surface area contributed by atoms with Gasteiger partial charge in [0.05, 0.1) is 17.3 Å². The fraction of sp³-hybridized carbons (Fsp3) is 0.278. The van der Waals surface area contributed by atoms with E-state index in [9.17, 15) is 4.79 Å². The lowest BCUT2D eigenvalue weighted by Crippen LogP contribution is -2.45. The molecule has 3 aromatic rings. The Bertz CT molecular complexity index is 963. The molecule has 4 N–H and O–H groups in total. The lowest BCUT2D eigenvalue weighted by molar-refractivity contribution is -0.122. The van der Waals surface area contributed by atoms with Gasteiger partial charge in [-0.3, -0.25) is 14.7 Å². The van der Waals surface area contributed by atoms with Crippen molar-refractivity contribution in [2.45, 2.75) is 0 Å². The number of aromatic amines is 1. The first kappa shape index (κ1) is 19.2. The van der Waals surface area contributed by atoms with Gasteiger partial charge in [-0.1, -0.05) is 0 Å². The molecule has 1 saturated heterocycles. The van der Waals surface area contributed by atoms with Gasteiger partial charge in [-0.05, 0) is 24.7 Å². The van der Waals surface area contributed by atoms with Crippen LogP contribution in [-0.4, -0.2) is 75.8 Å². The van der Waals surface area contributed by atoms with Gasteiger partial charge in [-0.2, -0.15) is 5.10 Å². The first-order valence-electron chi connectivity index (χ1n) is 8.64. The van der Waals surface area contributed by atoms with E-state index in [1.54, 1.807) is 24.7 Å². The number of hydrogen-bond donors (Lipinski definition) is 3. The lowest BCUT2D eigenvalue weighted by Gasteiger charge is -2.32. The molecule has 0 atom stereocenters. The molecule has 4 rings (SSSR count). The topological polar surface area (TPSA) is 141 Å². The van der Waals surface area contributed by atoms with Crippen LogP contribution in [0.25, 0.3) is 22.0 Å². The van der Waals surface area contributed by atoms with Gasteiger partial charge in [-0.25, -0.2) is 9.97 Å². The summed E-state index contributed by atoms with van der Waals surface area (Å²) in [4.78, 5) is 33.5. The Morgan fingerprint density at radius 2 is 1.79 bits per heavy atom. The molecule has 1 amide bonds. The number of benzene rings is 1. The smallest absolute Gasteiger partial charge is 0.290 e. The van der Waals surface area contributed by atoms with Gasteiger partial charge in [0.15, 0.2) is 0 Å². The van der Waals surface area contributed by atoms with E-state index in [2.05, 4.69) is 37.0 Å². The molecule has 0 saturated carbocycles. The molecule has 1 aliphatic heterocycles. The number of piperazine rings is 1. The predicted octanol–water partition coefficient (Wildman–Crippen LogP) is 0.571. The number of likely N-dealkylation sites (N-methyl/N-ethyl adjacent to an activating group) is 1. The van der Waals surface area contributed by atoms with E-state index in [1.165, 1.54) is 0 Å². The lowest BCUT2D eigenvalue weighted by atomic mass is 10.0. The van der Waals surface area contributed by atoms with Crippen LogP contribution in [0, 0.1) is 0 Å². The summed E-state index contributed by atoms with van der Waals surface area (Å²) in [5, 5.41) is 14.5. The van der Waals surface area contributed by atoms with Crippen molar-refractivity contribution in [3.63, 3.8) is 0 Å². The van der Waals surface area contributed by atoms with Crippen LogP contribution in [0.3, 0.4) is 0 Å². The van der Waals surface area contributed by atoms with Crippen LogP contribution in [0.4, 0.5) is 5.95 Å². The molecule has 0 unspecified atom stereocenters. The average molecular weight is 383 g/mol. The minimum atomic E-state index is -0.483. The molecule has 2 aromatic heterocycles. The number of H-pyrrole nitrogens is 1. The number of hydrogen-bond acceptors (Lipinski definition) is 7. The van der Waals surface area contributed by atoms with Crippen molar-refractivity contribution in [2.75, 3.05) is 38.1 Å². The van der Waals surface area contributed by atoms with Gasteiger partial charge in [-0.15, -0.1) is 0 Å². The second-order valence-electron chi connectivity index (χ2n) is 6.39. The number of carbonyl (C=O) groups is 2. The number of fused-ring (bicyclic) bond motifs is 1. The van der Waals surface area contributed by atoms with Crippen molar-refractivity contribution in [1.29, 1.82) is 0 Å². The summed E-state index contributed by atoms with van der Waals surface area (Å²) in [6.45, 7) is 3.59. The number of anilines is 1. The first-order chi connectivity index (χ1) is 13.5. The number of nitrogens with zero attached hydrogens (tertiary/aromatic N) is 5. The van der Waals surface area contributed by atoms with Crippen LogP contribution >= 0.6 is 0 Å². The Morgan fingerprint density at radius 1 is 1.14 bits per heavy atom. The molecular weight excluding hydrogens is 362 g/mol. The summed E-state index contributed by atoms with van der Waals surface area (Å²) < 4.78 is 0. The highest BCUT2D eigenvalue weighted by atomic mass is 16.3. The molecule has 0 radical (unpaired) electrons. The normalized spacial score (nSPS) is 14.4. The fourth-order valence-corrected chi connectivity index (χ4v) is 3.06. The Balaban J connectivity index is 0.000000706.